The quantitative estimate of drug-likeness (QED) is 0.265. The molecule has 2 aromatic rings. The molecule has 0 amide bonds. The van der Waals surface area contributed by atoms with Gasteiger partial charge in [0.05, 0.1) is 19.6 Å². The van der Waals surface area contributed by atoms with Crippen LogP contribution in [0.25, 0.3) is 11.1 Å². The summed E-state index contributed by atoms with van der Waals surface area (Å²) >= 11 is 0. The number of carboxylic acids is 1. The summed E-state index contributed by atoms with van der Waals surface area (Å²) in [5.41, 5.74) is 14.3. The zero-order valence-electron chi connectivity index (χ0n) is 18.7. The Hall–Kier alpha value is -3.03. The first-order chi connectivity index (χ1) is 15.3. The molecule has 1 aliphatic carbocycles. The molecular weight excluding hydrogens is 408 g/mol. The lowest BCUT2D eigenvalue weighted by molar-refractivity contribution is -0.164. The topological polar surface area (TPSA) is 133 Å². The fourth-order valence-corrected chi connectivity index (χ4v) is 4.01. The highest BCUT2D eigenvalue weighted by atomic mass is 16.5. The van der Waals surface area contributed by atoms with Crippen molar-refractivity contribution in [1.82, 2.24) is 0 Å². The van der Waals surface area contributed by atoms with E-state index in [1.165, 1.54) is 22.3 Å². The van der Waals surface area contributed by atoms with Crippen molar-refractivity contribution < 1.29 is 24.2 Å². The predicted octanol–water partition coefficient (Wildman–Crippen LogP) is 2.92. The van der Waals surface area contributed by atoms with Gasteiger partial charge in [0.2, 0.25) is 5.54 Å². The van der Waals surface area contributed by atoms with Gasteiger partial charge in [0, 0.05) is 0 Å². The lowest BCUT2D eigenvalue weighted by Crippen LogP contribution is -2.63. The first kappa shape index (κ1) is 25.2. The number of rotatable bonds is 9. The highest BCUT2D eigenvalue weighted by Gasteiger charge is 2.52. The first-order valence-electron chi connectivity index (χ1n) is 10.8. The van der Waals surface area contributed by atoms with E-state index in [-0.39, 0.29) is 13.0 Å². The molecular formula is C25H32N2O5. The number of carboxylic acid groups (broad SMARTS) is 1. The summed E-state index contributed by atoms with van der Waals surface area (Å²) in [6.45, 7) is 1.60. The molecule has 0 aliphatic heterocycles. The summed E-state index contributed by atoms with van der Waals surface area (Å²) < 4.78 is 4.42. The molecule has 0 saturated carbocycles. The van der Waals surface area contributed by atoms with Crippen LogP contribution in [-0.4, -0.2) is 42.0 Å². The van der Waals surface area contributed by atoms with E-state index in [0.29, 0.717) is 6.42 Å². The molecule has 0 saturated heterocycles. The van der Waals surface area contributed by atoms with Gasteiger partial charge in [-0.1, -0.05) is 74.7 Å². The fourth-order valence-electron chi connectivity index (χ4n) is 4.01. The largest absolute Gasteiger partial charge is 0.479 e. The van der Waals surface area contributed by atoms with Crippen LogP contribution in [0.15, 0.2) is 48.5 Å². The number of carbonyl (C=O) groups is 3. The maximum atomic E-state index is 11.8. The van der Waals surface area contributed by atoms with Gasteiger partial charge in [-0.2, -0.15) is 0 Å². The number of Topliss-reactive ketones (excluding diaryl/α,β-unsaturated/α-hetero) is 1. The summed E-state index contributed by atoms with van der Waals surface area (Å²) in [5.74, 6) is -4.44. The van der Waals surface area contributed by atoms with Crippen molar-refractivity contribution in [2.24, 2.45) is 17.4 Å². The molecule has 32 heavy (non-hydrogen) atoms. The molecule has 2 aromatic carbocycles. The molecule has 7 heteroatoms. The number of carbonyl (C=O) groups excluding carboxylic acids is 2. The third-order valence-electron chi connectivity index (χ3n) is 5.82. The van der Waals surface area contributed by atoms with E-state index in [0.717, 1.165) is 26.4 Å². The lowest BCUT2D eigenvalue weighted by Gasteiger charge is -2.29. The number of fused-ring (bicyclic) bond motifs is 3. The standard InChI is InChI=1S/C13H10.C12H22N2O5/c1-3-7-12-10(5-1)9-11-6-2-4-8-13(11)12;1-3-4-5-6-8(9(15)7-13)12(14,10(16)17)11(18)19-2/h1-8H,9H2;8H,3-7,13-14H2,1-2H3,(H,16,17). The Kier molecular flexibility index (Phi) is 9.11. The molecule has 1 aliphatic rings. The minimum absolute atomic E-state index is 0.196. The van der Waals surface area contributed by atoms with Crippen LogP contribution in [0.1, 0.15) is 43.7 Å². The van der Waals surface area contributed by atoms with Crippen molar-refractivity contribution >= 4 is 17.7 Å². The Morgan fingerprint density at radius 2 is 1.56 bits per heavy atom. The van der Waals surface area contributed by atoms with Crippen LogP contribution < -0.4 is 11.5 Å². The molecule has 0 spiro atoms. The normalized spacial score (nSPS) is 14.1. The van der Waals surface area contributed by atoms with Gasteiger partial charge in [-0.05, 0) is 35.1 Å². The molecule has 3 rings (SSSR count). The number of nitrogens with two attached hydrogens (primary N) is 2. The van der Waals surface area contributed by atoms with Crippen LogP contribution in [0.2, 0.25) is 0 Å². The third-order valence-corrected chi connectivity index (χ3v) is 5.82. The second-order valence-electron chi connectivity index (χ2n) is 7.88. The van der Waals surface area contributed by atoms with Crippen molar-refractivity contribution in [3.05, 3.63) is 59.7 Å². The Labute approximate surface area is 188 Å². The van der Waals surface area contributed by atoms with E-state index in [1.807, 2.05) is 6.92 Å². The number of methoxy groups -OCH3 is 1. The molecule has 0 radical (unpaired) electrons. The van der Waals surface area contributed by atoms with Gasteiger partial charge >= 0.3 is 11.9 Å². The molecule has 172 valence electrons. The molecule has 2 unspecified atom stereocenters. The van der Waals surface area contributed by atoms with Crippen molar-refractivity contribution in [1.29, 1.82) is 0 Å². The maximum absolute atomic E-state index is 11.8. The third kappa shape index (κ3) is 5.41. The van der Waals surface area contributed by atoms with Gasteiger partial charge in [0.25, 0.3) is 0 Å². The summed E-state index contributed by atoms with van der Waals surface area (Å²) in [7, 11) is 1.03. The second-order valence-corrected chi connectivity index (χ2v) is 7.88. The average Bonchev–Trinajstić information content (AvgIpc) is 3.19. The smallest absolute Gasteiger partial charge is 0.338 e. The van der Waals surface area contributed by atoms with Gasteiger partial charge in [-0.15, -0.1) is 0 Å². The van der Waals surface area contributed by atoms with Gasteiger partial charge in [-0.3, -0.25) is 4.79 Å². The Morgan fingerprint density at radius 1 is 1.03 bits per heavy atom. The number of hydrogen-bond donors (Lipinski definition) is 3. The SMILES string of the molecule is CCCCCC(C(=O)CN)C(N)(C(=O)O)C(=O)OC.c1ccc2c(c1)Cc1ccccc1-2. The van der Waals surface area contributed by atoms with E-state index < -0.39 is 29.2 Å². The Morgan fingerprint density at radius 3 is 2.00 bits per heavy atom. The molecule has 0 aromatic heterocycles. The molecule has 0 fully saturated rings. The van der Waals surface area contributed by atoms with Gasteiger partial charge in [0.15, 0.2) is 5.78 Å². The van der Waals surface area contributed by atoms with E-state index in [2.05, 4.69) is 53.3 Å². The van der Waals surface area contributed by atoms with Gasteiger partial charge in [0.1, 0.15) is 0 Å². The predicted molar refractivity (Wildman–Crippen MR) is 123 cm³/mol. The van der Waals surface area contributed by atoms with Crippen molar-refractivity contribution in [2.75, 3.05) is 13.7 Å². The van der Waals surface area contributed by atoms with Crippen LogP contribution in [0.5, 0.6) is 0 Å². The van der Waals surface area contributed by atoms with E-state index in [9.17, 15) is 19.5 Å². The molecule has 7 nitrogen and oxygen atoms in total. The second kappa shape index (κ2) is 11.5. The number of ether oxygens (including phenoxy) is 1. The van der Waals surface area contributed by atoms with Crippen LogP contribution in [-0.2, 0) is 25.5 Å². The monoisotopic (exact) mass is 440 g/mol. The lowest BCUT2D eigenvalue weighted by atomic mass is 9.78. The fraction of sp³-hybridized carbons (Fsp3) is 0.400. The Bertz CT molecular complexity index is 915. The number of unbranched alkanes of at least 4 members (excludes halogenated alkanes) is 2. The van der Waals surface area contributed by atoms with E-state index in [1.54, 1.807) is 0 Å². The summed E-state index contributed by atoms with van der Waals surface area (Å²) in [6.07, 6.45) is 3.60. The molecule has 0 bridgehead atoms. The van der Waals surface area contributed by atoms with Crippen LogP contribution >= 0.6 is 0 Å². The van der Waals surface area contributed by atoms with Gasteiger partial charge in [-0.25, -0.2) is 9.59 Å². The zero-order chi connectivity index (χ0) is 23.7. The summed E-state index contributed by atoms with van der Waals surface area (Å²) in [4.78, 5) is 34.7. The minimum atomic E-state index is -2.38. The number of aliphatic carboxylic acids is 1. The number of benzene rings is 2. The van der Waals surface area contributed by atoms with Crippen molar-refractivity contribution in [3.8, 4) is 11.1 Å². The van der Waals surface area contributed by atoms with Crippen molar-refractivity contribution in [3.63, 3.8) is 0 Å². The van der Waals surface area contributed by atoms with Gasteiger partial charge < -0.3 is 21.3 Å². The van der Waals surface area contributed by atoms with E-state index in [4.69, 9.17) is 11.5 Å². The summed E-state index contributed by atoms with van der Waals surface area (Å²) in [6, 6.07) is 17.3. The summed E-state index contributed by atoms with van der Waals surface area (Å²) in [5, 5.41) is 9.19. The molecule has 5 N–H and O–H groups in total. The molecule has 2 atom stereocenters. The maximum Gasteiger partial charge on any atom is 0.338 e. The van der Waals surface area contributed by atoms with Crippen LogP contribution in [0.3, 0.4) is 0 Å². The van der Waals surface area contributed by atoms with Crippen molar-refractivity contribution in [2.45, 2.75) is 44.6 Å². The van der Waals surface area contributed by atoms with Crippen LogP contribution in [0.4, 0.5) is 0 Å². The first-order valence-corrected chi connectivity index (χ1v) is 10.8. The number of hydrogen-bond acceptors (Lipinski definition) is 6. The Balaban J connectivity index is 0.000000239. The van der Waals surface area contributed by atoms with E-state index >= 15 is 0 Å². The zero-order valence-corrected chi connectivity index (χ0v) is 18.7. The average molecular weight is 441 g/mol. The highest BCUT2D eigenvalue weighted by molar-refractivity contribution is 6.08. The molecule has 0 heterocycles. The number of esters is 1. The highest BCUT2D eigenvalue weighted by Crippen LogP contribution is 2.35. The minimum Gasteiger partial charge on any atom is -0.479 e. The number of ketones is 1. The van der Waals surface area contributed by atoms with Crippen LogP contribution in [0, 0.1) is 5.92 Å².